The van der Waals surface area contributed by atoms with E-state index in [1.807, 2.05) is 47.4 Å². The van der Waals surface area contributed by atoms with E-state index in [9.17, 15) is 4.79 Å². The fourth-order valence-electron chi connectivity index (χ4n) is 3.93. The molecule has 0 aromatic heterocycles. The zero-order chi connectivity index (χ0) is 20.9. The van der Waals surface area contributed by atoms with E-state index in [2.05, 4.69) is 50.2 Å². The second-order valence-corrected chi connectivity index (χ2v) is 7.83. The Morgan fingerprint density at radius 1 is 0.900 bits per heavy atom. The van der Waals surface area contributed by atoms with E-state index in [4.69, 9.17) is 4.74 Å². The Morgan fingerprint density at radius 2 is 1.60 bits per heavy atom. The van der Waals surface area contributed by atoms with Gasteiger partial charge in [-0.1, -0.05) is 48.5 Å². The Hall–Kier alpha value is -3.33. The van der Waals surface area contributed by atoms with Gasteiger partial charge in [-0.05, 0) is 78.4 Å². The van der Waals surface area contributed by atoms with Gasteiger partial charge in [0.15, 0.2) is 0 Å². The van der Waals surface area contributed by atoms with Crippen LogP contribution in [-0.4, -0.2) is 19.1 Å². The molecule has 0 radical (unpaired) electrons. The number of benzene rings is 3. The molecule has 3 aromatic carbocycles. The van der Waals surface area contributed by atoms with Crippen LogP contribution in [0.25, 0.3) is 0 Å². The maximum absolute atomic E-state index is 13.4. The van der Waals surface area contributed by atoms with Crippen LogP contribution in [0.1, 0.15) is 27.8 Å². The molecule has 0 unspecified atom stereocenters. The van der Waals surface area contributed by atoms with Gasteiger partial charge >= 0.3 is 0 Å². The standard InChI is InChI=1S/C27H27NO2/c1-20-8-5-9-21(2)26(20)19-27(29)28-14-3-4-15-30-25-13-7-11-23(18-25)16-22-10-6-12-24(28)17-22/h3-13,17-18H,14-16,19H2,1-2H3/b4-3+. The van der Waals surface area contributed by atoms with Gasteiger partial charge in [-0.3, -0.25) is 4.79 Å². The molecule has 0 fully saturated rings. The summed E-state index contributed by atoms with van der Waals surface area (Å²) in [6, 6.07) is 22.7. The maximum Gasteiger partial charge on any atom is 0.231 e. The molecule has 3 heteroatoms. The number of amides is 1. The van der Waals surface area contributed by atoms with Crippen LogP contribution in [-0.2, 0) is 17.6 Å². The molecule has 0 atom stereocenters. The normalized spacial score (nSPS) is 14.7. The molecule has 1 aliphatic rings. The highest BCUT2D eigenvalue weighted by Crippen LogP contribution is 2.23. The summed E-state index contributed by atoms with van der Waals surface area (Å²) in [5, 5.41) is 0. The summed E-state index contributed by atoms with van der Waals surface area (Å²) in [5.74, 6) is 0.973. The fourth-order valence-corrected chi connectivity index (χ4v) is 3.93. The maximum atomic E-state index is 13.4. The summed E-state index contributed by atoms with van der Waals surface area (Å²) in [5.41, 5.74) is 6.74. The Bertz CT molecular complexity index is 1060. The lowest BCUT2D eigenvalue weighted by Crippen LogP contribution is -2.33. The van der Waals surface area contributed by atoms with Crippen LogP contribution in [0.4, 0.5) is 5.69 Å². The van der Waals surface area contributed by atoms with E-state index in [0.29, 0.717) is 19.6 Å². The second-order valence-electron chi connectivity index (χ2n) is 7.83. The predicted octanol–water partition coefficient (Wildman–Crippen LogP) is 5.42. The van der Waals surface area contributed by atoms with Gasteiger partial charge in [0.1, 0.15) is 12.4 Å². The highest BCUT2D eigenvalue weighted by molar-refractivity contribution is 5.95. The fraction of sp³-hybridized carbons (Fsp3) is 0.222. The van der Waals surface area contributed by atoms with E-state index in [-0.39, 0.29) is 5.91 Å². The van der Waals surface area contributed by atoms with E-state index >= 15 is 0 Å². The molecule has 3 nitrogen and oxygen atoms in total. The lowest BCUT2D eigenvalue weighted by Gasteiger charge is -2.23. The van der Waals surface area contributed by atoms with Gasteiger partial charge in [0.25, 0.3) is 0 Å². The number of hydrogen-bond donors (Lipinski definition) is 0. The second kappa shape index (κ2) is 9.00. The van der Waals surface area contributed by atoms with Crippen LogP contribution in [0, 0.1) is 13.8 Å². The molecular weight excluding hydrogens is 370 g/mol. The average molecular weight is 398 g/mol. The minimum atomic E-state index is 0.102. The molecule has 1 aliphatic heterocycles. The SMILES string of the molecule is Cc1cccc(C)c1CC(=O)N1C/C=C/COc2cccc(c2)Cc2cccc1c2. The van der Waals surface area contributed by atoms with E-state index in [0.717, 1.165) is 34.5 Å². The molecule has 0 saturated carbocycles. The minimum Gasteiger partial charge on any atom is -0.490 e. The smallest absolute Gasteiger partial charge is 0.231 e. The average Bonchev–Trinajstić information content (AvgIpc) is 2.74. The van der Waals surface area contributed by atoms with Gasteiger partial charge in [-0.15, -0.1) is 0 Å². The van der Waals surface area contributed by atoms with Crippen LogP contribution < -0.4 is 9.64 Å². The molecule has 3 aromatic rings. The first-order valence-electron chi connectivity index (χ1n) is 10.4. The minimum absolute atomic E-state index is 0.102. The lowest BCUT2D eigenvalue weighted by atomic mass is 9.99. The largest absolute Gasteiger partial charge is 0.490 e. The summed E-state index contributed by atoms with van der Waals surface area (Å²) in [7, 11) is 0. The third kappa shape index (κ3) is 4.62. The lowest BCUT2D eigenvalue weighted by molar-refractivity contribution is -0.117. The van der Waals surface area contributed by atoms with Crippen molar-refractivity contribution >= 4 is 11.6 Å². The van der Waals surface area contributed by atoms with E-state index in [1.54, 1.807) is 0 Å². The number of aryl methyl sites for hydroxylation is 2. The van der Waals surface area contributed by atoms with Crippen LogP contribution in [0.3, 0.4) is 0 Å². The van der Waals surface area contributed by atoms with Gasteiger partial charge in [0.05, 0.1) is 6.42 Å². The highest BCUT2D eigenvalue weighted by Gasteiger charge is 2.18. The third-order valence-electron chi connectivity index (χ3n) is 5.60. The molecular formula is C27H27NO2. The Labute approximate surface area is 178 Å². The molecule has 4 rings (SSSR count). The van der Waals surface area contributed by atoms with Crippen LogP contribution >= 0.6 is 0 Å². The van der Waals surface area contributed by atoms with Crippen molar-refractivity contribution < 1.29 is 9.53 Å². The van der Waals surface area contributed by atoms with Gasteiger partial charge in [0, 0.05) is 12.2 Å². The number of anilines is 1. The molecule has 0 saturated heterocycles. The van der Waals surface area contributed by atoms with Crippen molar-refractivity contribution in [2.24, 2.45) is 0 Å². The molecule has 1 heterocycles. The van der Waals surface area contributed by atoms with Gasteiger partial charge in [-0.2, -0.15) is 0 Å². The zero-order valence-electron chi connectivity index (χ0n) is 17.6. The molecule has 0 aliphatic carbocycles. The Morgan fingerprint density at radius 3 is 2.40 bits per heavy atom. The summed E-state index contributed by atoms with van der Waals surface area (Å²) in [4.78, 5) is 15.2. The third-order valence-corrected chi connectivity index (χ3v) is 5.60. The number of ether oxygens (including phenoxy) is 1. The first-order chi connectivity index (χ1) is 14.6. The Kier molecular flexibility index (Phi) is 5.99. The van der Waals surface area contributed by atoms with Gasteiger partial charge in [-0.25, -0.2) is 0 Å². The van der Waals surface area contributed by atoms with Gasteiger partial charge in [0.2, 0.25) is 5.91 Å². The number of fused-ring (bicyclic) bond motifs is 4. The molecule has 0 N–H and O–H groups in total. The number of carbonyl (C=O) groups excluding carboxylic acids is 1. The number of rotatable bonds is 2. The molecule has 30 heavy (non-hydrogen) atoms. The van der Waals surface area contributed by atoms with Crippen molar-refractivity contribution in [1.82, 2.24) is 0 Å². The topological polar surface area (TPSA) is 29.5 Å². The van der Waals surface area contributed by atoms with Crippen molar-refractivity contribution in [2.75, 3.05) is 18.1 Å². The quantitative estimate of drug-likeness (QED) is 0.541. The Balaban J connectivity index is 1.66. The first kappa shape index (κ1) is 20.0. The number of carbonyl (C=O) groups is 1. The van der Waals surface area contributed by atoms with Crippen molar-refractivity contribution in [2.45, 2.75) is 26.7 Å². The summed E-state index contributed by atoms with van der Waals surface area (Å²) in [6.45, 7) is 5.15. The van der Waals surface area contributed by atoms with Gasteiger partial charge < -0.3 is 9.64 Å². The summed E-state index contributed by atoms with van der Waals surface area (Å²) in [6.07, 6.45) is 5.19. The van der Waals surface area contributed by atoms with Crippen LogP contribution in [0.2, 0.25) is 0 Å². The number of nitrogens with zero attached hydrogens (tertiary/aromatic N) is 1. The van der Waals surface area contributed by atoms with Crippen LogP contribution in [0.5, 0.6) is 5.75 Å². The predicted molar refractivity (Wildman–Crippen MR) is 122 cm³/mol. The summed E-state index contributed by atoms with van der Waals surface area (Å²) >= 11 is 0. The molecule has 1 amide bonds. The molecule has 4 bridgehead atoms. The van der Waals surface area contributed by atoms with Crippen molar-refractivity contribution in [3.8, 4) is 5.75 Å². The van der Waals surface area contributed by atoms with Crippen molar-refractivity contribution in [1.29, 1.82) is 0 Å². The van der Waals surface area contributed by atoms with E-state index in [1.165, 1.54) is 11.1 Å². The highest BCUT2D eigenvalue weighted by atomic mass is 16.5. The number of hydrogen-bond acceptors (Lipinski definition) is 2. The van der Waals surface area contributed by atoms with E-state index < -0.39 is 0 Å². The van der Waals surface area contributed by atoms with Crippen molar-refractivity contribution in [3.63, 3.8) is 0 Å². The molecule has 0 spiro atoms. The molecule has 152 valence electrons. The first-order valence-corrected chi connectivity index (χ1v) is 10.4. The summed E-state index contributed by atoms with van der Waals surface area (Å²) < 4.78 is 5.85. The van der Waals surface area contributed by atoms with Crippen molar-refractivity contribution in [3.05, 3.63) is 107 Å². The zero-order valence-corrected chi connectivity index (χ0v) is 17.6. The van der Waals surface area contributed by atoms with Crippen LogP contribution in [0.15, 0.2) is 78.9 Å². The monoisotopic (exact) mass is 397 g/mol.